The summed E-state index contributed by atoms with van der Waals surface area (Å²) in [6.07, 6.45) is 3.55. The molecule has 0 saturated heterocycles. The van der Waals surface area contributed by atoms with Crippen LogP contribution in [0.15, 0.2) is 36.7 Å². The Morgan fingerprint density at radius 1 is 1.29 bits per heavy atom. The van der Waals surface area contributed by atoms with Crippen molar-refractivity contribution in [2.75, 3.05) is 0 Å². The second-order valence-corrected chi connectivity index (χ2v) is 3.64. The number of benzene rings is 1. The zero-order valence-corrected chi connectivity index (χ0v) is 8.77. The number of rotatable bonds is 1. The van der Waals surface area contributed by atoms with E-state index in [4.69, 9.17) is 23.8 Å². The largest absolute Gasteiger partial charge is 0.337 e. The fourth-order valence-corrected chi connectivity index (χ4v) is 1.47. The number of aromatic nitrogens is 2. The number of H-pyrrole nitrogens is 1. The summed E-state index contributed by atoms with van der Waals surface area (Å²) in [5.74, 6) is 0. The topological polar surface area (TPSA) is 28.7 Å². The van der Waals surface area contributed by atoms with E-state index in [1.54, 1.807) is 6.20 Å². The van der Waals surface area contributed by atoms with Crippen molar-refractivity contribution in [1.82, 2.24) is 9.97 Å². The highest BCUT2D eigenvalue weighted by molar-refractivity contribution is 7.71. The van der Waals surface area contributed by atoms with Gasteiger partial charge in [-0.05, 0) is 29.9 Å². The number of nitrogens with zero attached hydrogens (tertiary/aromatic N) is 1. The third-order valence-corrected chi connectivity index (χ3v) is 2.29. The Hall–Kier alpha value is -1.19. The number of halogens is 1. The van der Waals surface area contributed by atoms with Gasteiger partial charge in [0.05, 0.1) is 0 Å². The summed E-state index contributed by atoms with van der Waals surface area (Å²) >= 11 is 10.7. The molecule has 1 aromatic heterocycles. The zero-order valence-electron chi connectivity index (χ0n) is 7.20. The van der Waals surface area contributed by atoms with E-state index < -0.39 is 0 Å². The van der Waals surface area contributed by atoms with Crippen LogP contribution in [0, 0.1) is 4.77 Å². The lowest BCUT2D eigenvalue weighted by molar-refractivity contribution is 1.14. The summed E-state index contributed by atoms with van der Waals surface area (Å²) < 4.78 is 0.482. The quantitative estimate of drug-likeness (QED) is 0.749. The van der Waals surface area contributed by atoms with Crippen LogP contribution in [0.4, 0.5) is 0 Å². The van der Waals surface area contributed by atoms with Gasteiger partial charge >= 0.3 is 0 Å². The van der Waals surface area contributed by atoms with E-state index >= 15 is 0 Å². The minimum absolute atomic E-state index is 0.482. The van der Waals surface area contributed by atoms with Crippen LogP contribution in [0.2, 0.25) is 5.02 Å². The Kier molecular flexibility index (Phi) is 2.61. The van der Waals surface area contributed by atoms with Gasteiger partial charge in [-0.2, -0.15) is 0 Å². The van der Waals surface area contributed by atoms with Gasteiger partial charge in [0, 0.05) is 23.0 Å². The van der Waals surface area contributed by atoms with Crippen LogP contribution in [0.3, 0.4) is 0 Å². The van der Waals surface area contributed by atoms with E-state index in [1.165, 1.54) is 0 Å². The number of aromatic amines is 1. The van der Waals surface area contributed by atoms with E-state index in [0.29, 0.717) is 9.79 Å². The van der Waals surface area contributed by atoms with Crippen LogP contribution in [-0.2, 0) is 0 Å². The molecule has 4 heteroatoms. The highest BCUT2D eigenvalue weighted by Gasteiger charge is 1.97. The summed E-state index contributed by atoms with van der Waals surface area (Å²) in [4.78, 5) is 6.88. The highest BCUT2D eigenvalue weighted by Crippen LogP contribution is 2.20. The maximum Gasteiger partial charge on any atom is 0.196 e. The van der Waals surface area contributed by atoms with Gasteiger partial charge in [0.15, 0.2) is 4.77 Å². The minimum atomic E-state index is 0.482. The fraction of sp³-hybridized carbons (Fsp3) is 0. The first kappa shape index (κ1) is 9.37. The lowest BCUT2D eigenvalue weighted by atomic mass is 10.1. The fourth-order valence-electron chi connectivity index (χ4n) is 1.17. The molecule has 14 heavy (non-hydrogen) atoms. The van der Waals surface area contributed by atoms with Gasteiger partial charge < -0.3 is 4.98 Å². The molecule has 0 aliphatic rings. The maximum absolute atomic E-state index is 5.87. The molecule has 0 aliphatic carbocycles. The van der Waals surface area contributed by atoms with Gasteiger partial charge in [-0.25, -0.2) is 4.98 Å². The Labute approximate surface area is 91.6 Å². The smallest absolute Gasteiger partial charge is 0.196 e. The minimum Gasteiger partial charge on any atom is -0.337 e. The molecule has 0 unspecified atom stereocenters. The van der Waals surface area contributed by atoms with Crippen molar-refractivity contribution >= 4 is 23.8 Å². The molecule has 1 N–H and O–H groups in total. The van der Waals surface area contributed by atoms with Gasteiger partial charge in [-0.3, -0.25) is 0 Å². The first-order valence-corrected chi connectivity index (χ1v) is 4.85. The van der Waals surface area contributed by atoms with Crippen LogP contribution in [0.5, 0.6) is 0 Å². The third kappa shape index (κ3) is 2.00. The van der Waals surface area contributed by atoms with Crippen LogP contribution in [0.1, 0.15) is 0 Å². The van der Waals surface area contributed by atoms with Gasteiger partial charge in [0.1, 0.15) is 0 Å². The average molecular weight is 223 g/mol. The SMILES string of the molecule is S=c1ncc(-c2cccc(Cl)c2)c[nH]1. The summed E-state index contributed by atoms with van der Waals surface area (Å²) in [6.45, 7) is 0. The van der Waals surface area contributed by atoms with Gasteiger partial charge in [-0.1, -0.05) is 23.7 Å². The highest BCUT2D eigenvalue weighted by atomic mass is 35.5. The Balaban J connectivity index is 2.49. The van der Waals surface area contributed by atoms with Crippen molar-refractivity contribution in [3.8, 4) is 11.1 Å². The number of hydrogen-bond acceptors (Lipinski definition) is 2. The monoisotopic (exact) mass is 222 g/mol. The molecule has 0 spiro atoms. The number of hydrogen-bond donors (Lipinski definition) is 1. The van der Waals surface area contributed by atoms with Gasteiger partial charge in [0.2, 0.25) is 0 Å². The molecular formula is C10H7ClN2S. The van der Waals surface area contributed by atoms with Crippen molar-refractivity contribution < 1.29 is 0 Å². The Morgan fingerprint density at radius 3 is 2.79 bits per heavy atom. The van der Waals surface area contributed by atoms with E-state index in [1.807, 2.05) is 30.5 Å². The first-order chi connectivity index (χ1) is 6.75. The normalized spacial score (nSPS) is 10.1. The van der Waals surface area contributed by atoms with Crippen molar-refractivity contribution in [3.63, 3.8) is 0 Å². The molecule has 2 aromatic rings. The summed E-state index contributed by atoms with van der Waals surface area (Å²) in [5.41, 5.74) is 2.00. The van der Waals surface area contributed by atoms with Crippen LogP contribution in [0.25, 0.3) is 11.1 Å². The molecule has 1 aromatic carbocycles. The van der Waals surface area contributed by atoms with Gasteiger partial charge in [0.25, 0.3) is 0 Å². The molecule has 0 bridgehead atoms. The second kappa shape index (κ2) is 3.90. The Morgan fingerprint density at radius 2 is 2.14 bits per heavy atom. The molecule has 0 saturated carbocycles. The predicted molar refractivity (Wildman–Crippen MR) is 59.9 cm³/mol. The summed E-state index contributed by atoms with van der Waals surface area (Å²) in [7, 11) is 0. The van der Waals surface area contributed by atoms with Crippen molar-refractivity contribution in [1.29, 1.82) is 0 Å². The molecular weight excluding hydrogens is 216 g/mol. The van der Waals surface area contributed by atoms with Crippen molar-refractivity contribution in [3.05, 3.63) is 46.5 Å². The first-order valence-electron chi connectivity index (χ1n) is 4.06. The standard InChI is InChI=1S/C10H7ClN2S/c11-9-3-1-2-7(4-9)8-5-12-10(14)13-6-8/h1-6H,(H,12,13,14). The lowest BCUT2D eigenvalue weighted by Gasteiger charge is -2.00. The zero-order chi connectivity index (χ0) is 9.97. The molecule has 0 fully saturated rings. The molecule has 70 valence electrons. The molecule has 0 amide bonds. The van der Waals surface area contributed by atoms with Crippen molar-refractivity contribution in [2.24, 2.45) is 0 Å². The van der Waals surface area contributed by atoms with E-state index in [9.17, 15) is 0 Å². The molecule has 2 rings (SSSR count). The van der Waals surface area contributed by atoms with E-state index in [2.05, 4.69) is 9.97 Å². The summed E-state index contributed by atoms with van der Waals surface area (Å²) in [5, 5.41) is 0.713. The lowest BCUT2D eigenvalue weighted by Crippen LogP contribution is -1.83. The molecule has 0 atom stereocenters. The maximum atomic E-state index is 5.87. The van der Waals surface area contributed by atoms with Crippen LogP contribution >= 0.6 is 23.8 Å². The molecule has 1 heterocycles. The predicted octanol–water partition coefficient (Wildman–Crippen LogP) is 3.46. The van der Waals surface area contributed by atoms with Crippen LogP contribution < -0.4 is 0 Å². The van der Waals surface area contributed by atoms with Crippen LogP contribution in [-0.4, -0.2) is 9.97 Å². The second-order valence-electron chi connectivity index (χ2n) is 2.82. The van der Waals surface area contributed by atoms with E-state index in [-0.39, 0.29) is 0 Å². The average Bonchev–Trinajstić information content (AvgIpc) is 2.19. The third-order valence-electron chi connectivity index (χ3n) is 1.83. The Bertz CT molecular complexity index is 487. The van der Waals surface area contributed by atoms with Gasteiger partial charge in [-0.15, -0.1) is 0 Å². The molecule has 0 aliphatic heterocycles. The van der Waals surface area contributed by atoms with E-state index in [0.717, 1.165) is 11.1 Å². The van der Waals surface area contributed by atoms with Crippen molar-refractivity contribution in [2.45, 2.75) is 0 Å². The molecule has 2 nitrogen and oxygen atoms in total. The number of nitrogens with one attached hydrogen (secondary N) is 1. The molecule has 0 radical (unpaired) electrons. The summed E-state index contributed by atoms with van der Waals surface area (Å²) in [6, 6.07) is 7.60.